The maximum atomic E-state index is 14.6. The summed E-state index contributed by atoms with van der Waals surface area (Å²) < 4.78 is 36.7. The Bertz CT molecular complexity index is 1840. The van der Waals surface area contributed by atoms with Gasteiger partial charge in [-0.05, 0) is 25.6 Å². The molecule has 4 heterocycles. The van der Waals surface area contributed by atoms with Crippen LogP contribution in [0.5, 0.6) is 23.0 Å². The smallest absolute Gasteiger partial charge is 0.345 e. The predicted octanol–water partition coefficient (Wildman–Crippen LogP) is 2.32. The molecule has 16 heteroatoms. The highest BCUT2D eigenvalue weighted by molar-refractivity contribution is 6.36. The Morgan fingerprint density at radius 2 is 1.72 bits per heavy atom. The van der Waals surface area contributed by atoms with Crippen LogP contribution in [0.4, 0.5) is 4.39 Å². The Morgan fingerprint density at radius 3 is 2.42 bits per heavy atom. The van der Waals surface area contributed by atoms with E-state index in [1.807, 2.05) is 0 Å². The van der Waals surface area contributed by atoms with Crippen LogP contribution in [-0.2, 0) is 19.1 Å². The lowest BCUT2D eigenvalue weighted by atomic mass is 9.86. The molecule has 5 bridgehead atoms. The molecule has 6 rings (SSSR count). The largest absolute Gasteiger partial charge is 0.504 e. The van der Waals surface area contributed by atoms with Gasteiger partial charge in [-0.3, -0.25) is 19.3 Å². The summed E-state index contributed by atoms with van der Waals surface area (Å²) in [5, 5.41) is 43.2. The summed E-state index contributed by atoms with van der Waals surface area (Å²) in [5.41, 5.74) is -7.54. The molecule has 3 unspecified atom stereocenters. The second-order valence-corrected chi connectivity index (χ2v) is 11.3. The number of halogens is 3. The van der Waals surface area contributed by atoms with E-state index >= 15 is 0 Å². The fraction of sp³-hybridized carbons (Fsp3) is 0.333. The van der Waals surface area contributed by atoms with Crippen LogP contribution in [-0.4, -0.2) is 74.8 Å². The van der Waals surface area contributed by atoms with Crippen LogP contribution in [0.3, 0.4) is 0 Å². The van der Waals surface area contributed by atoms with Gasteiger partial charge in [-0.15, -0.1) is 0 Å². The lowest BCUT2D eigenvalue weighted by molar-refractivity contribution is -0.195. The minimum absolute atomic E-state index is 0.0432. The van der Waals surface area contributed by atoms with Crippen LogP contribution >= 0.6 is 23.2 Å². The van der Waals surface area contributed by atoms with Crippen molar-refractivity contribution < 1.29 is 57.8 Å². The molecule has 43 heavy (non-hydrogen) atoms. The van der Waals surface area contributed by atoms with Crippen molar-refractivity contribution in [2.45, 2.75) is 36.5 Å². The number of benzene rings is 2. The molecule has 0 aliphatic carbocycles. The normalized spacial score (nSPS) is 25.5. The van der Waals surface area contributed by atoms with E-state index in [-0.39, 0.29) is 29.1 Å². The highest BCUT2D eigenvalue weighted by Gasteiger charge is 2.56. The standard InChI is InChI=1S/C27H20Cl2FNO12/c1-31-3-2-10-16-18(35)23-19(36)17-20(37)24(21(41-22(16)17)9-4-13(30)12(29)5-11(9)28)40-14(33)6-26(39,25(38)42-23)7-15(34)43-27(10,31)8-32/h4-5,10,32,35-36,39H,2-3,6-8H2,1H3. The van der Waals surface area contributed by atoms with Gasteiger partial charge >= 0.3 is 17.9 Å². The van der Waals surface area contributed by atoms with Crippen LogP contribution in [0, 0.1) is 5.82 Å². The molecule has 0 radical (unpaired) electrons. The van der Waals surface area contributed by atoms with Gasteiger partial charge in [0.25, 0.3) is 0 Å². The maximum Gasteiger partial charge on any atom is 0.345 e. The number of nitrogens with zero attached hydrogens (tertiary/aromatic N) is 1. The average molecular weight is 640 g/mol. The summed E-state index contributed by atoms with van der Waals surface area (Å²) in [7, 11) is 1.48. The number of likely N-dealkylation sites (N-methyl/N-ethyl adjacent to an activating group) is 1. The number of ether oxygens (including phenoxy) is 3. The van der Waals surface area contributed by atoms with Gasteiger partial charge in [0.15, 0.2) is 28.6 Å². The zero-order valence-corrected chi connectivity index (χ0v) is 23.4. The summed E-state index contributed by atoms with van der Waals surface area (Å²) in [6.45, 7) is -0.750. The van der Waals surface area contributed by atoms with E-state index in [9.17, 15) is 44.0 Å². The van der Waals surface area contributed by atoms with Crippen molar-refractivity contribution in [1.29, 1.82) is 0 Å². The van der Waals surface area contributed by atoms with Crippen LogP contribution in [0.1, 0.15) is 30.7 Å². The molecule has 226 valence electrons. The van der Waals surface area contributed by atoms with E-state index < -0.39 is 111 Å². The molecule has 1 saturated heterocycles. The fourth-order valence-corrected chi connectivity index (χ4v) is 6.28. The molecule has 3 atom stereocenters. The Balaban J connectivity index is 1.84. The molecule has 0 saturated carbocycles. The van der Waals surface area contributed by atoms with E-state index in [1.54, 1.807) is 0 Å². The van der Waals surface area contributed by atoms with Crippen LogP contribution < -0.4 is 14.9 Å². The fourth-order valence-electron chi connectivity index (χ4n) is 5.81. The highest BCUT2D eigenvalue weighted by Crippen LogP contribution is 2.55. The number of aromatic hydroxyl groups is 2. The van der Waals surface area contributed by atoms with Gasteiger partial charge in [0.1, 0.15) is 16.8 Å². The molecule has 1 fully saturated rings. The summed E-state index contributed by atoms with van der Waals surface area (Å²) in [4.78, 5) is 55.0. The first-order chi connectivity index (χ1) is 20.2. The Labute approximate surface area is 249 Å². The summed E-state index contributed by atoms with van der Waals surface area (Å²) in [6.07, 6.45) is -2.47. The molecular formula is C27H20Cl2FNO12. The first-order valence-corrected chi connectivity index (χ1v) is 13.4. The van der Waals surface area contributed by atoms with Gasteiger partial charge in [-0.2, -0.15) is 0 Å². The average Bonchev–Trinajstić information content (AvgIpc) is 3.23. The number of likely N-dealkylation sites (tertiary alicyclic amines) is 1. The van der Waals surface area contributed by atoms with Crippen molar-refractivity contribution in [3.63, 3.8) is 0 Å². The van der Waals surface area contributed by atoms with E-state index in [4.69, 9.17) is 41.8 Å². The van der Waals surface area contributed by atoms with E-state index in [2.05, 4.69) is 0 Å². The zero-order chi connectivity index (χ0) is 31.2. The number of phenolic OH excluding ortho intramolecular Hbond substituents is 2. The number of fused-ring (bicyclic) bond motifs is 7. The second kappa shape index (κ2) is 9.79. The molecule has 3 aliphatic heterocycles. The number of hydrogen-bond acceptors (Lipinski definition) is 13. The third-order valence-electron chi connectivity index (χ3n) is 7.97. The van der Waals surface area contributed by atoms with Crippen LogP contribution in [0.2, 0.25) is 10.0 Å². The monoisotopic (exact) mass is 639 g/mol. The molecule has 0 spiro atoms. The molecule has 4 N–H and O–H groups in total. The molecule has 13 nitrogen and oxygen atoms in total. The number of carbonyl (C=O) groups excluding carboxylic acids is 3. The zero-order valence-electron chi connectivity index (χ0n) is 21.9. The Morgan fingerprint density at radius 1 is 1.02 bits per heavy atom. The summed E-state index contributed by atoms with van der Waals surface area (Å²) >= 11 is 12.2. The molecular weight excluding hydrogens is 620 g/mol. The third-order valence-corrected chi connectivity index (χ3v) is 8.57. The lowest BCUT2D eigenvalue weighted by Crippen LogP contribution is -2.53. The number of aliphatic hydroxyl groups excluding tert-OH is 1. The first kappa shape index (κ1) is 29.1. The summed E-state index contributed by atoms with van der Waals surface area (Å²) in [6, 6.07) is 1.77. The van der Waals surface area contributed by atoms with Gasteiger partial charge in [0.2, 0.25) is 16.9 Å². The third kappa shape index (κ3) is 4.16. The Hall–Kier alpha value is -3.95. The molecule has 2 aromatic carbocycles. The quantitative estimate of drug-likeness (QED) is 0.181. The minimum Gasteiger partial charge on any atom is -0.504 e. The predicted molar refractivity (Wildman–Crippen MR) is 143 cm³/mol. The minimum atomic E-state index is -3.03. The van der Waals surface area contributed by atoms with Crippen molar-refractivity contribution in [2.75, 3.05) is 20.2 Å². The molecule has 3 aliphatic rings. The number of hydrogen-bond donors (Lipinski definition) is 4. The van der Waals surface area contributed by atoms with Crippen LogP contribution in [0.15, 0.2) is 21.3 Å². The lowest BCUT2D eigenvalue weighted by Gasteiger charge is -2.39. The van der Waals surface area contributed by atoms with Gasteiger partial charge in [-0.25, -0.2) is 9.18 Å². The van der Waals surface area contributed by atoms with Gasteiger partial charge < -0.3 is 39.1 Å². The van der Waals surface area contributed by atoms with E-state index in [0.717, 1.165) is 12.1 Å². The van der Waals surface area contributed by atoms with Crippen LogP contribution in [0.25, 0.3) is 22.3 Å². The molecule has 1 aromatic heterocycles. The number of rotatable bonds is 2. The van der Waals surface area contributed by atoms with Crippen molar-refractivity contribution >= 4 is 52.1 Å². The van der Waals surface area contributed by atoms with Gasteiger partial charge in [-0.1, -0.05) is 23.2 Å². The van der Waals surface area contributed by atoms with Gasteiger partial charge in [0, 0.05) is 18.0 Å². The first-order valence-electron chi connectivity index (χ1n) is 12.6. The SMILES string of the molecule is CN1CCC2c3c(O)c4c(O)c5c(=O)c(c(-c6cc(F)c(Cl)cc6Cl)oc35)OC(=O)CC(O)(CC(=O)OC21CO)C(=O)O4. The molecule has 3 aromatic rings. The Kier molecular flexibility index (Phi) is 6.63. The van der Waals surface area contributed by atoms with Crippen molar-refractivity contribution in [2.24, 2.45) is 0 Å². The van der Waals surface area contributed by atoms with E-state index in [0.29, 0.717) is 0 Å². The number of phenols is 2. The second-order valence-electron chi connectivity index (χ2n) is 10.5. The number of esters is 3. The topological polar surface area (TPSA) is 193 Å². The van der Waals surface area contributed by atoms with E-state index in [1.165, 1.54) is 11.9 Å². The summed E-state index contributed by atoms with van der Waals surface area (Å²) in [5.74, 6) is -11.3. The number of aliphatic hydroxyl groups is 2. The maximum absolute atomic E-state index is 14.6. The van der Waals surface area contributed by atoms with Crippen molar-refractivity contribution in [3.8, 4) is 34.3 Å². The van der Waals surface area contributed by atoms with Gasteiger partial charge in [0.05, 0.1) is 35.1 Å². The molecule has 0 amide bonds. The van der Waals surface area contributed by atoms with Crippen molar-refractivity contribution in [3.05, 3.63) is 43.8 Å². The number of carbonyl (C=O) groups is 3. The van der Waals surface area contributed by atoms with Crippen molar-refractivity contribution in [1.82, 2.24) is 4.90 Å². The highest BCUT2D eigenvalue weighted by atomic mass is 35.5.